The second-order valence-electron chi connectivity index (χ2n) is 10.0. The van der Waals surface area contributed by atoms with E-state index in [9.17, 15) is 22.8 Å². The number of nitrogens with zero attached hydrogens (tertiary/aromatic N) is 3. The van der Waals surface area contributed by atoms with Gasteiger partial charge in [0, 0.05) is 55.5 Å². The largest absolute Gasteiger partial charge is 0.378 e. The molecule has 192 valence electrons. The molecule has 4 nitrogen and oxygen atoms in total. The number of aromatic nitrogens is 1. The minimum absolute atomic E-state index is 0.118. The van der Waals surface area contributed by atoms with E-state index in [0.717, 1.165) is 37.4 Å². The van der Waals surface area contributed by atoms with Gasteiger partial charge in [-0.2, -0.15) is 5.26 Å². The number of alkyl halides is 2. The van der Waals surface area contributed by atoms with E-state index >= 15 is 0 Å². The third-order valence-corrected chi connectivity index (χ3v) is 7.57. The van der Waals surface area contributed by atoms with Gasteiger partial charge in [0.05, 0.1) is 6.07 Å². The van der Waals surface area contributed by atoms with E-state index in [0.29, 0.717) is 17.4 Å². The molecule has 0 spiro atoms. The summed E-state index contributed by atoms with van der Waals surface area (Å²) in [6, 6.07) is 8.47. The van der Waals surface area contributed by atoms with E-state index in [-0.39, 0.29) is 23.6 Å². The number of hydrogen-bond donors (Lipinski definition) is 1. The van der Waals surface area contributed by atoms with E-state index in [4.69, 9.17) is 0 Å². The van der Waals surface area contributed by atoms with Gasteiger partial charge in [-0.25, -0.2) is 17.6 Å². The fourth-order valence-corrected chi connectivity index (χ4v) is 5.50. The molecule has 2 unspecified atom stereocenters. The Morgan fingerprint density at radius 2 is 1.78 bits per heavy atom. The number of aryl methyl sites for hydroxylation is 1. The molecular weight excluding hydrogens is 468 g/mol. The third-order valence-electron chi connectivity index (χ3n) is 7.57. The van der Waals surface area contributed by atoms with E-state index < -0.39 is 24.1 Å². The van der Waals surface area contributed by atoms with Crippen LogP contribution in [-0.2, 0) is 7.05 Å². The van der Waals surface area contributed by atoms with E-state index in [2.05, 4.69) is 16.3 Å². The first-order valence-electron chi connectivity index (χ1n) is 12.3. The Balaban J connectivity index is 1.66. The van der Waals surface area contributed by atoms with Gasteiger partial charge in [-0.05, 0) is 74.4 Å². The highest BCUT2D eigenvalue weighted by molar-refractivity contribution is 5.43. The maximum Gasteiger partial charge on any atom is 0.265 e. The second kappa shape index (κ2) is 10.8. The van der Waals surface area contributed by atoms with Crippen molar-refractivity contribution in [2.75, 3.05) is 18.0 Å². The minimum atomic E-state index is -2.77. The highest BCUT2D eigenvalue weighted by Gasteiger charge is 2.41. The summed E-state index contributed by atoms with van der Waals surface area (Å²) in [5.41, 5.74) is 1.14. The van der Waals surface area contributed by atoms with Gasteiger partial charge in [0.15, 0.2) is 0 Å². The van der Waals surface area contributed by atoms with Gasteiger partial charge in [-0.3, -0.25) is 0 Å². The summed E-state index contributed by atoms with van der Waals surface area (Å²) < 4.78 is 57.9. The summed E-state index contributed by atoms with van der Waals surface area (Å²) in [6.45, 7) is 5.28. The highest BCUT2D eigenvalue weighted by atomic mass is 19.3. The number of rotatable bonds is 5. The molecule has 0 bridgehead atoms. The maximum absolute atomic E-state index is 14.9. The lowest BCUT2D eigenvalue weighted by atomic mass is 10.0. The zero-order valence-corrected chi connectivity index (χ0v) is 20.8. The average molecular weight is 501 g/mol. The SMILES string of the molecule is Cc1cc(F)cc([C@@H](C)NC2=CC=C(F)CC=C2C(F)F)ccc(N2CC3CC(C#N)CC3C2)n1C. The summed E-state index contributed by atoms with van der Waals surface area (Å²) in [5.74, 6) is 1.03. The first kappa shape index (κ1) is 25.9. The maximum atomic E-state index is 14.9. The van der Waals surface area contributed by atoms with Gasteiger partial charge >= 0.3 is 0 Å². The van der Waals surface area contributed by atoms with Gasteiger partial charge in [0.25, 0.3) is 6.43 Å². The summed E-state index contributed by atoms with van der Waals surface area (Å²) in [7, 11) is 1.90. The van der Waals surface area contributed by atoms with Crippen molar-refractivity contribution in [1.82, 2.24) is 9.88 Å². The topological polar surface area (TPSA) is 44.0 Å². The number of allylic oxidation sites excluding steroid dienone is 5. The normalized spacial score (nSPS) is 24.2. The average Bonchev–Trinajstić information content (AvgIpc) is 3.34. The first-order valence-corrected chi connectivity index (χ1v) is 12.3. The Bertz CT molecular complexity index is 1170. The predicted octanol–water partition coefficient (Wildman–Crippen LogP) is 6.57. The van der Waals surface area contributed by atoms with Crippen LogP contribution in [0.2, 0.25) is 0 Å². The summed E-state index contributed by atoms with van der Waals surface area (Å²) in [4.78, 5) is 2.29. The zero-order valence-electron chi connectivity index (χ0n) is 20.8. The van der Waals surface area contributed by atoms with Crippen LogP contribution < -0.4 is 10.2 Å². The Labute approximate surface area is 209 Å². The predicted molar refractivity (Wildman–Crippen MR) is 133 cm³/mol. The third kappa shape index (κ3) is 5.61. The molecule has 2 heterocycles. The number of halogens is 4. The number of anilines is 1. The van der Waals surface area contributed by atoms with Crippen molar-refractivity contribution < 1.29 is 17.6 Å². The number of nitrogens with one attached hydrogen (secondary N) is 1. The lowest BCUT2D eigenvalue weighted by Crippen LogP contribution is -2.25. The standard InChI is InChI=1S/C28H32F4N4/c1-17-10-24(30)13-20(18(2)34-26-8-6-23(29)5-7-25(26)28(31)32)4-9-27(35(17)3)36-15-21-11-19(14-33)12-22(21)16-36/h4,6-10,13,18-19,21-22,28,34H,5,11-12,15-16H2,1-3H3/t18-,19?,21?,22?/m1/s1. The van der Waals surface area contributed by atoms with Crippen LogP contribution in [0.5, 0.6) is 0 Å². The number of hydrogen-bond acceptors (Lipinski definition) is 3. The van der Waals surface area contributed by atoms with Gasteiger partial charge in [-0.1, -0.05) is 12.1 Å². The van der Waals surface area contributed by atoms with Gasteiger partial charge < -0.3 is 14.8 Å². The molecule has 3 atom stereocenters. The van der Waals surface area contributed by atoms with Gasteiger partial charge in [0.2, 0.25) is 0 Å². The molecule has 1 saturated heterocycles. The Hall–Kier alpha value is -3.21. The van der Waals surface area contributed by atoms with Crippen molar-refractivity contribution in [3.63, 3.8) is 0 Å². The molecule has 2 fully saturated rings. The van der Waals surface area contributed by atoms with Gasteiger partial charge in [-0.15, -0.1) is 0 Å². The van der Waals surface area contributed by atoms with Crippen molar-refractivity contribution in [2.45, 2.75) is 45.6 Å². The molecule has 1 aromatic rings. The van der Waals surface area contributed by atoms with E-state index in [1.807, 2.05) is 24.6 Å². The van der Waals surface area contributed by atoms with E-state index in [1.165, 1.54) is 30.4 Å². The van der Waals surface area contributed by atoms with Crippen molar-refractivity contribution in [3.05, 3.63) is 76.7 Å². The van der Waals surface area contributed by atoms with E-state index in [1.54, 1.807) is 13.0 Å². The molecule has 2 aliphatic carbocycles. The van der Waals surface area contributed by atoms with Crippen LogP contribution in [-0.4, -0.2) is 24.1 Å². The van der Waals surface area contributed by atoms with Crippen LogP contribution in [0, 0.1) is 41.8 Å². The molecule has 3 aliphatic rings. The number of fused-ring (bicyclic) bond motifs is 1. The smallest absolute Gasteiger partial charge is 0.265 e. The Kier molecular flexibility index (Phi) is 7.77. The summed E-state index contributed by atoms with van der Waals surface area (Å²) in [6.07, 6.45) is 2.53. The van der Waals surface area contributed by atoms with Crippen LogP contribution >= 0.6 is 0 Å². The van der Waals surface area contributed by atoms with Crippen molar-refractivity contribution in [3.8, 4) is 6.07 Å². The second-order valence-corrected chi connectivity index (χ2v) is 10.0. The fraction of sp³-hybridized carbons (Fsp3) is 0.464. The van der Waals surface area contributed by atoms with Crippen LogP contribution in [0.1, 0.15) is 43.5 Å². The monoisotopic (exact) mass is 500 g/mol. The molecule has 1 aromatic heterocycles. The van der Waals surface area contributed by atoms with Gasteiger partial charge in [0.1, 0.15) is 17.5 Å². The molecule has 0 radical (unpaired) electrons. The quantitative estimate of drug-likeness (QED) is 0.466. The van der Waals surface area contributed by atoms with Crippen LogP contribution in [0.15, 0.2) is 59.6 Å². The Morgan fingerprint density at radius 3 is 2.42 bits per heavy atom. The summed E-state index contributed by atoms with van der Waals surface area (Å²) >= 11 is 0. The lowest BCUT2D eigenvalue weighted by molar-refractivity contribution is 0.190. The fourth-order valence-electron chi connectivity index (χ4n) is 5.50. The highest BCUT2D eigenvalue weighted by Crippen LogP contribution is 2.42. The molecule has 1 N–H and O–H groups in total. The zero-order chi connectivity index (χ0) is 26.0. The summed E-state index contributed by atoms with van der Waals surface area (Å²) in [5, 5.41) is 12.3. The molecule has 8 heteroatoms. The van der Waals surface area contributed by atoms with Crippen molar-refractivity contribution >= 4 is 5.82 Å². The van der Waals surface area contributed by atoms with Crippen molar-refractivity contribution in [2.24, 2.45) is 24.8 Å². The van der Waals surface area contributed by atoms with Crippen LogP contribution in [0.3, 0.4) is 0 Å². The van der Waals surface area contributed by atoms with Crippen LogP contribution in [0.25, 0.3) is 0 Å². The minimum Gasteiger partial charge on any atom is -0.378 e. The Morgan fingerprint density at radius 1 is 1.08 bits per heavy atom. The molecule has 1 aliphatic heterocycles. The molecule has 1 saturated carbocycles. The molecule has 4 rings (SSSR count). The van der Waals surface area contributed by atoms with Crippen LogP contribution in [0.4, 0.5) is 23.4 Å². The first-order chi connectivity index (χ1) is 17.2. The number of nitriles is 1. The molecule has 0 aromatic carbocycles. The molecular formula is C28H32F4N4. The van der Waals surface area contributed by atoms with Crippen molar-refractivity contribution in [1.29, 1.82) is 5.26 Å². The molecule has 36 heavy (non-hydrogen) atoms. The molecule has 0 amide bonds. The lowest BCUT2D eigenvalue weighted by Gasteiger charge is -2.23.